The second kappa shape index (κ2) is 4.96. The van der Waals surface area contributed by atoms with Crippen molar-refractivity contribution in [1.29, 1.82) is 0 Å². The van der Waals surface area contributed by atoms with Gasteiger partial charge < -0.3 is 10.2 Å². The van der Waals surface area contributed by atoms with E-state index >= 15 is 0 Å². The van der Waals surface area contributed by atoms with Crippen molar-refractivity contribution in [3.05, 3.63) is 28.7 Å². The van der Waals surface area contributed by atoms with E-state index in [0.717, 1.165) is 30.7 Å². The van der Waals surface area contributed by atoms with Crippen molar-refractivity contribution < 1.29 is 0 Å². The lowest BCUT2D eigenvalue weighted by atomic mass is 10.1. The molecule has 2 saturated heterocycles. The largest absolute Gasteiger partial charge is 0.369 e. The summed E-state index contributed by atoms with van der Waals surface area (Å²) in [5.74, 6) is 0. The quantitative estimate of drug-likeness (QED) is 0.848. The van der Waals surface area contributed by atoms with Crippen LogP contribution in [-0.2, 0) is 0 Å². The van der Waals surface area contributed by atoms with Crippen LogP contribution in [0.15, 0.2) is 28.7 Å². The summed E-state index contributed by atoms with van der Waals surface area (Å²) < 4.78 is 1.15. The number of fused-ring (bicyclic) bond motifs is 1. The first-order valence-electron chi connectivity index (χ1n) is 6.28. The van der Waals surface area contributed by atoms with Crippen LogP contribution in [0.25, 0.3) is 0 Å². The molecule has 1 atom stereocenters. The molecule has 1 unspecified atom stereocenters. The van der Waals surface area contributed by atoms with E-state index in [4.69, 9.17) is 0 Å². The summed E-state index contributed by atoms with van der Waals surface area (Å²) in [4.78, 5) is 5.12. The van der Waals surface area contributed by atoms with E-state index in [2.05, 4.69) is 55.3 Å². The van der Waals surface area contributed by atoms with Gasteiger partial charge in [0.2, 0.25) is 0 Å². The second-order valence-corrected chi connectivity index (χ2v) is 5.73. The highest BCUT2D eigenvalue weighted by atomic mass is 79.9. The predicted molar refractivity (Wildman–Crippen MR) is 74.6 cm³/mol. The number of hydrogen-bond acceptors (Lipinski definition) is 3. The molecule has 0 aliphatic carbocycles. The monoisotopic (exact) mass is 295 g/mol. The molecule has 2 fully saturated rings. The highest BCUT2D eigenvalue weighted by Crippen LogP contribution is 2.22. The van der Waals surface area contributed by atoms with Gasteiger partial charge in [-0.05, 0) is 24.3 Å². The molecule has 1 N–H and O–H groups in total. The summed E-state index contributed by atoms with van der Waals surface area (Å²) >= 11 is 3.49. The summed E-state index contributed by atoms with van der Waals surface area (Å²) in [6.45, 7) is 6.98. The van der Waals surface area contributed by atoms with Gasteiger partial charge in [0, 0.05) is 55.5 Å². The van der Waals surface area contributed by atoms with Crippen LogP contribution >= 0.6 is 15.9 Å². The van der Waals surface area contributed by atoms with E-state index in [1.54, 1.807) is 0 Å². The van der Waals surface area contributed by atoms with Gasteiger partial charge >= 0.3 is 0 Å². The minimum absolute atomic E-state index is 0.682. The van der Waals surface area contributed by atoms with Gasteiger partial charge in [-0.3, -0.25) is 4.90 Å². The molecular formula is C13H18BrN3. The Kier molecular flexibility index (Phi) is 3.36. The molecule has 2 heterocycles. The second-order valence-electron chi connectivity index (χ2n) is 4.82. The molecule has 2 aliphatic rings. The molecule has 3 nitrogen and oxygen atoms in total. The van der Waals surface area contributed by atoms with Crippen molar-refractivity contribution in [2.75, 3.05) is 44.2 Å². The molecule has 0 saturated carbocycles. The van der Waals surface area contributed by atoms with Crippen molar-refractivity contribution in [1.82, 2.24) is 10.2 Å². The van der Waals surface area contributed by atoms with Crippen LogP contribution in [0.3, 0.4) is 0 Å². The number of benzene rings is 1. The summed E-state index contributed by atoms with van der Waals surface area (Å²) in [5, 5.41) is 3.49. The normalized spacial score (nSPS) is 25.7. The highest BCUT2D eigenvalue weighted by Gasteiger charge is 2.28. The molecule has 0 aromatic heterocycles. The molecule has 0 amide bonds. The Hall–Kier alpha value is -0.580. The third kappa shape index (κ3) is 2.49. The lowest BCUT2D eigenvalue weighted by Gasteiger charge is -2.45. The van der Waals surface area contributed by atoms with Crippen molar-refractivity contribution in [2.45, 2.75) is 6.04 Å². The van der Waals surface area contributed by atoms with Gasteiger partial charge in [-0.1, -0.05) is 15.9 Å². The summed E-state index contributed by atoms with van der Waals surface area (Å²) in [7, 11) is 0. The van der Waals surface area contributed by atoms with Crippen LogP contribution < -0.4 is 10.2 Å². The van der Waals surface area contributed by atoms with E-state index in [0.29, 0.717) is 6.04 Å². The van der Waals surface area contributed by atoms with Crippen LogP contribution in [0.2, 0.25) is 0 Å². The zero-order chi connectivity index (χ0) is 11.7. The van der Waals surface area contributed by atoms with Crippen molar-refractivity contribution in [3.8, 4) is 0 Å². The molecule has 1 aromatic rings. The molecule has 1 aromatic carbocycles. The maximum atomic E-state index is 3.49. The molecule has 0 radical (unpaired) electrons. The zero-order valence-electron chi connectivity index (χ0n) is 9.90. The SMILES string of the molecule is Brc1ccc(N2CCN3CCNCC3C2)cc1. The minimum Gasteiger partial charge on any atom is -0.369 e. The Labute approximate surface area is 111 Å². The fraction of sp³-hybridized carbons (Fsp3) is 0.538. The third-order valence-corrected chi connectivity index (χ3v) is 4.28. The first-order valence-corrected chi connectivity index (χ1v) is 7.07. The Morgan fingerprint density at radius 3 is 2.76 bits per heavy atom. The number of nitrogens with zero attached hydrogens (tertiary/aromatic N) is 2. The van der Waals surface area contributed by atoms with Gasteiger partial charge in [-0.15, -0.1) is 0 Å². The highest BCUT2D eigenvalue weighted by molar-refractivity contribution is 9.10. The first-order chi connectivity index (χ1) is 8.33. The van der Waals surface area contributed by atoms with E-state index in [1.165, 1.54) is 18.8 Å². The fourth-order valence-corrected chi connectivity index (χ4v) is 3.02. The Morgan fingerprint density at radius 1 is 1.12 bits per heavy atom. The van der Waals surface area contributed by atoms with Gasteiger partial charge in [-0.25, -0.2) is 0 Å². The van der Waals surface area contributed by atoms with E-state index < -0.39 is 0 Å². The summed E-state index contributed by atoms with van der Waals surface area (Å²) in [6, 6.07) is 9.34. The van der Waals surface area contributed by atoms with Crippen LogP contribution in [0.1, 0.15) is 0 Å². The Morgan fingerprint density at radius 2 is 1.94 bits per heavy atom. The smallest absolute Gasteiger partial charge is 0.0397 e. The number of halogens is 1. The van der Waals surface area contributed by atoms with Crippen molar-refractivity contribution >= 4 is 21.6 Å². The molecule has 17 heavy (non-hydrogen) atoms. The standard InChI is InChI=1S/C13H18BrN3/c14-11-1-3-12(4-2-11)17-8-7-16-6-5-15-9-13(16)10-17/h1-4,13,15H,5-10H2. The fourth-order valence-electron chi connectivity index (χ4n) is 2.76. The third-order valence-electron chi connectivity index (χ3n) is 3.75. The predicted octanol–water partition coefficient (Wildman–Crippen LogP) is 1.54. The topological polar surface area (TPSA) is 18.5 Å². The number of hydrogen-bond donors (Lipinski definition) is 1. The summed E-state index contributed by atoms with van der Waals surface area (Å²) in [6.07, 6.45) is 0. The van der Waals surface area contributed by atoms with Crippen LogP contribution in [0, 0.1) is 0 Å². The van der Waals surface area contributed by atoms with Crippen LogP contribution in [-0.4, -0.2) is 50.2 Å². The van der Waals surface area contributed by atoms with Crippen molar-refractivity contribution in [2.24, 2.45) is 0 Å². The van der Waals surface area contributed by atoms with E-state index in [1.807, 2.05) is 0 Å². The van der Waals surface area contributed by atoms with Gasteiger partial charge in [0.25, 0.3) is 0 Å². The van der Waals surface area contributed by atoms with Gasteiger partial charge in [0.05, 0.1) is 0 Å². The lowest BCUT2D eigenvalue weighted by molar-refractivity contribution is 0.146. The number of anilines is 1. The lowest BCUT2D eigenvalue weighted by Crippen LogP contribution is -2.61. The van der Waals surface area contributed by atoms with Gasteiger partial charge in [0.15, 0.2) is 0 Å². The molecule has 0 spiro atoms. The van der Waals surface area contributed by atoms with E-state index in [9.17, 15) is 0 Å². The van der Waals surface area contributed by atoms with Gasteiger partial charge in [-0.2, -0.15) is 0 Å². The number of nitrogens with one attached hydrogen (secondary N) is 1. The van der Waals surface area contributed by atoms with Gasteiger partial charge in [0.1, 0.15) is 0 Å². The van der Waals surface area contributed by atoms with Crippen LogP contribution in [0.4, 0.5) is 5.69 Å². The molecular weight excluding hydrogens is 278 g/mol. The maximum Gasteiger partial charge on any atom is 0.0397 e. The molecule has 3 rings (SSSR count). The minimum atomic E-state index is 0.682. The number of piperazine rings is 2. The Bertz CT molecular complexity index is 379. The molecule has 4 heteroatoms. The average molecular weight is 296 g/mol. The zero-order valence-corrected chi connectivity index (χ0v) is 11.5. The summed E-state index contributed by atoms with van der Waals surface area (Å²) in [5.41, 5.74) is 1.35. The van der Waals surface area contributed by atoms with E-state index in [-0.39, 0.29) is 0 Å². The molecule has 92 valence electrons. The molecule has 2 aliphatic heterocycles. The number of rotatable bonds is 1. The van der Waals surface area contributed by atoms with Crippen molar-refractivity contribution in [3.63, 3.8) is 0 Å². The Balaban J connectivity index is 1.71. The van der Waals surface area contributed by atoms with Crippen LogP contribution in [0.5, 0.6) is 0 Å². The maximum absolute atomic E-state index is 3.49. The first kappa shape index (κ1) is 11.5. The average Bonchev–Trinajstić information content (AvgIpc) is 2.39. The molecule has 0 bridgehead atoms.